The van der Waals surface area contributed by atoms with Gasteiger partial charge in [-0.15, -0.1) is 0 Å². The molecule has 0 nitrogen and oxygen atoms in total. The Labute approximate surface area is 201 Å². The van der Waals surface area contributed by atoms with Gasteiger partial charge in [0.05, 0.1) is 0 Å². The van der Waals surface area contributed by atoms with E-state index < -0.39 is 20.3 Å². The van der Waals surface area contributed by atoms with Crippen molar-refractivity contribution >= 4 is 155 Å². The maximum atomic E-state index is 6.32. The molecule has 2 aromatic carbocycles. The summed E-state index contributed by atoms with van der Waals surface area (Å²) >= 11 is 62.1. The number of hydrogen-bond acceptors (Lipinski definition) is 0. The molecule has 0 atom stereocenters. The third-order valence-electron chi connectivity index (χ3n) is 2.99. The first-order chi connectivity index (χ1) is 11.0. The number of halogens is 11. The summed E-state index contributed by atoms with van der Waals surface area (Å²) in [5.41, 5.74) is 0. The molecule has 0 saturated heterocycles. The summed E-state index contributed by atoms with van der Waals surface area (Å²) in [4.78, 5) is 0. The van der Waals surface area contributed by atoms with Gasteiger partial charge in [-0.1, -0.05) is 0 Å². The Kier molecular flexibility index (Phi) is 8.68. The Balaban J connectivity index is 2.84. The van der Waals surface area contributed by atoms with E-state index in [0.29, 0.717) is 6.25 Å². The Bertz CT molecular complexity index is 725. The van der Waals surface area contributed by atoms with Gasteiger partial charge in [-0.05, 0) is 0 Å². The van der Waals surface area contributed by atoms with Crippen molar-refractivity contribution in [3.05, 3.63) is 50.2 Å². The van der Waals surface area contributed by atoms with Crippen molar-refractivity contribution in [1.82, 2.24) is 0 Å². The zero-order chi connectivity index (χ0) is 18.5. The third-order valence-corrected chi connectivity index (χ3v) is 26.9. The molecule has 0 saturated carbocycles. The standard InChI is InChI=1S/2C6Cl5.BrH.Tl/c2*7-2-1-3(8)5(10)6(11)4(2)9;;/h;;1H;/q;;;+1/p-1. The minimum absolute atomic E-state index is 0.0644. The van der Waals surface area contributed by atoms with Crippen LogP contribution in [0.25, 0.3) is 0 Å². The van der Waals surface area contributed by atoms with Crippen LogP contribution < -0.4 is 6.25 Å². The second-order valence-corrected chi connectivity index (χ2v) is 23.5. The SMILES string of the molecule is Clc1c(Cl)c(Cl)[c]([Tl]([Br])[c]2c(Cl)c(Cl)c(Cl)c(Cl)c2Cl)c(Cl)c1Cl. The van der Waals surface area contributed by atoms with Crippen LogP contribution in [0.15, 0.2) is 0 Å². The number of hydrogen-bond donors (Lipinski definition) is 0. The van der Waals surface area contributed by atoms with Gasteiger partial charge in [-0.25, -0.2) is 0 Å². The molecule has 0 aromatic heterocycles. The minimum atomic E-state index is -3.40. The van der Waals surface area contributed by atoms with E-state index in [1.54, 1.807) is 0 Å². The fourth-order valence-corrected chi connectivity index (χ4v) is 28.9. The fraction of sp³-hybridized carbons (Fsp3) is 0. The quantitative estimate of drug-likeness (QED) is 0.163. The van der Waals surface area contributed by atoms with Gasteiger partial charge >= 0.3 is 205 Å². The van der Waals surface area contributed by atoms with Gasteiger partial charge in [0.15, 0.2) is 0 Å². The van der Waals surface area contributed by atoms with Crippen LogP contribution in [0.5, 0.6) is 0 Å². The fourth-order valence-electron chi connectivity index (χ4n) is 1.83. The summed E-state index contributed by atoms with van der Waals surface area (Å²) in [7, 11) is 0. The summed E-state index contributed by atoms with van der Waals surface area (Å²) in [6.45, 7) is 0. The molecule has 0 spiro atoms. The van der Waals surface area contributed by atoms with Gasteiger partial charge in [-0.2, -0.15) is 0 Å². The van der Waals surface area contributed by atoms with E-state index in [-0.39, 0.29) is 50.2 Å². The molecule has 128 valence electrons. The first-order valence-electron chi connectivity index (χ1n) is 5.69. The summed E-state index contributed by atoms with van der Waals surface area (Å²) in [6.07, 6.45) is 0. The van der Waals surface area contributed by atoms with E-state index in [1.807, 2.05) is 0 Å². The topological polar surface area (TPSA) is 0 Å². The molecule has 0 unspecified atom stereocenters. The molecular weight excluding hydrogens is 783 g/mol. The van der Waals surface area contributed by atoms with Gasteiger partial charge in [0.25, 0.3) is 0 Å². The van der Waals surface area contributed by atoms with Crippen LogP contribution >= 0.6 is 128 Å². The van der Waals surface area contributed by atoms with E-state index in [1.165, 1.54) is 0 Å². The Morgan fingerprint density at radius 3 is 0.750 bits per heavy atom. The van der Waals surface area contributed by atoms with E-state index in [9.17, 15) is 0 Å². The van der Waals surface area contributed by atoms with Crippen molar-refractivity contribution in [2.75, 3.05) is 0 Å². The summed E-state index contributed by atoms with van der Waals surface area (Å²) in [5.74, 6) is 0. The Hall–Kier alpha value is 2.74. The molecule has 0 aliphatic heterocycles. The monoisotopic (exact) mass is 778 g/mol. The van der Waals surface area contributed by atoms with Crippen LogP contribution in [0.4, 0.5) is 0 Å². The van der Waals surface area contributed by atoms with Crippen molar-refractivity contribution in [3.63, 3.8) is 0 Å². The van der Waals surface area contributed by atoms with Gasteiger partial charge in [-0.3, -0.25) is 0 Å². The molecule has 0 radical (unpaired) electrons. The van der Waals surface area contributed by atoms with Gasteiger partial charge in [0.1, 0.15) is 0 Å². The van der Waals surface area contributed by atoms with Crippen molar-refractivity contribution < 1.29 is 0 Å². The van der Waals surface area contributed by atoms with Gasteiger partial charge in [0, 0.05) is 0 Å². The molecule has 0 aliphatic rings. The van der Waals surface area contributed by atoms with Crippen molar-refractivity contribution in [2.45, 2.75) is 0 Å². The maximum absolute atomic E-state index is 6.32. The van der Waals surface area contributed by atoms with Crippen LogP contribution in [-0.4, -0.2) is 20.3 Å². The van der Waals surface area contributed by atoms with Crippen molar-refractivity contribution in [2.24, 2.45) is 0 Å². The zero-order valence-electron chi connectivity index (χ0n) is 10.7. The first-order valence-corrected chi connectivity index (χ1v) is 23.7. The molecule has 0 N–H and O–H groups in total. The van der Waals surface area contributed by atoms with Crippen LogP contribution in [-0.2, 0) is 0 Å². The summed E-state index contributed by atoms with van der Waals surface area (Å²) < 4.78 is 1.05. The zero-order valence-corrected chi connectivity index (χ0v) is 24.4. The molecule has 2 rings (SSSR count). The first kappa shape index (κ1) is 23.0. The van der Waals surface area contributed by atoms with Crippen LogP contribution in [0.2, 0.25) is 50.2 Å². The molecule has 2 aromatic rings. The van der Waals surface area contributed by atoms with E-state index in [4.69, 9.17) is 116 Å². The molecule has 0 bridgehead atoms. The number of rotatable bonds is 2. The summed E-state index contributed by atoms with van der Waals surface area (Å²) in [6, 6.07) is 0. The van der Waals surface area contributed by atoms with E-state index in [2.05, 4.69) is 12.0 Å². The number of benzene rings is 2. The van der Waals surface area contributed by atoms with E-state index >= 15 is 0 Å². The molecule has 0 fully saturated rings. The predicted octanol–water partition coefficient (Wildman–Crippen LogP) is 8.72. The molecular formula is C12BrCl10Tl. The van der Waals surface area contributed by atoms with Crippen molar-refractivity contribution in [3.8, 4) is 0 Å². The molecule has 0 aliphatic carbocycles. The Morgan fingerprint density at radius 2 is 0.542 bits per heavy atom. The average Bonchev–Trinajstić information content (AvgIpc) is 2.55. The Morgan fingerprint density at radius 1 is 0.375 bits per heavy atom. The summed E-state index contributed by atoms with van der Waals surface area (Å²) in [5, 5.41) is 1.18. The second kappa shape index (κ2) is 9.04. The van der Waals surface area contributed by atoms with Crippen LogP contribution in [0, 0.1) is 0 Å². The van der Waals surface area contributed by atoms with Crippen molar-refractivity contribution in [1.29, 1.82) is 0 Å². The molecule has 12 heteroatoms. The van der Waals surface area contributed by atoms with Crippen LogP contribution in [0.3, 0.4) is 0 Å². The second-order valence-electron chi connectivity index (χ2n) is 4.33. The predicted molar refractivity (Wildman–Crippen MR) is 117 cm³/mol. The molecule has 24 heavy (non-hydrogen) atoms. The molecule has 0 heterocycles. The average molecular weight is 783 g/mol. The van der Waals surface area contributed by atoms with Gasteiger partial charge < -0.3 is 0 Å². The van der Waals surface area contributed by atoms with Gasteiger partial charge in [0.2, 0.25) is 0 Å². The van der Waals surface area contributed by atoms with Crippen LogP contribution in [0.1, 0.15) is 0 Å². The van der Waals surface area contributed by atoms with E-state index in [0.717, 1.165) is 0 Å². The molecule has 0 amide bonds. The third kappa shape index (κ3) is 4.04. The normalized spacial score (nSPS) is 11.1.